The molecule has 0 aliphatic rings. The van der Waals surface area contributed by atoms with Crippen LogP contribution >= 0.6 is 0 Å². The zero-order valence-corrected chi connectivity index (χ0v) is 7.79. The lowest BCUT2D eigenvalue weighted by Crippen LogP contribution is -2.02. The maximum absolute atomic E-state index is 10.3. The third-order valence-electron chi connectivity index (χ3n) is 1.76. The van der Waals surface area contributed by atoms with E-state index in [0.717, 1.165) is 25.1 Å². The Morgan fingerprint density at radius 1 is 1.54 bits per heavy atom. The molecule has 1 aromatic rings. The van der Waals surface area contributed by atoms with Crippen LogP contribution in [0.3, 0.4) is 0 Å². The van der Waals surface area contributed by atoms with Crippen LogP contribution in [0.5, 0.6) is 0 Å². The Hall–Kier alpha value is -1.38. The van der Waals surface area contributed by atoms with E-state index in [4.69, 9.17) is 0 Å². The molecule has 1 rings (SSSR count). The van der Waals surface area contributed by atoms with Crippen molar-refractivity contribution in [1.29, 1.82) is 0 Å². The van der Waals surface area contributed by atoms with Crippen molar-refractivity contribution in [3.63, 3.8) is 0 Å². The molecule has 0 saturated carbocycles. The maximum Gasteiger partial charge on any atom is 0.151 e. The van der Waals surface area contributed by atoms with E-state index in [1.165, 1.54) is 6.42 Å². The Bertz CT molecular complexity index is 256. The number of unbranched alkanes of at least 4 members (excludes halogenated alkanes) is 1. The molecule has 0 fully saturated rings. The van der Waals surface area contributed by atoms with Gasteiger partial charge < -0.3 is 5.32 Å². The Kier molecular flexibility index (Phi) is 3.96. The van der Waals surface area contributed by atoms with Crippen molar-refractivity contribution in [2.45, 2.75) is 19.8 Å². The summed E-state index contributed by atoms with van der Waals surface area (Å²) in [6.45, 7) is 3.08. The molecule has 0 aliphatic heterocycles. The first-order valence-electron chi connectivity index (χ1n) is 4.52. The quantitative estimate of drug-likeness (QED) is 0.554. The lowest BCUT2D eigenvalue weighted by molar-refractivity contribution is 0.112. The summed E-state index contributed by atoms with van der Waals surface area (Å²) in [5, 5.41) is 3.17. The minimum atomic E-state index is 0.612. The third kappa shape index (κ3) is 3.23. The number of rotatable bonds is 5. The number of pyridine rings is 1. The van der Waals surface area contributed by atoms with E-state index in [9.17, 15) is 4.79 Å². The largest absolute Gasteiger partial charge is 0.370 e. The Morgan fingerprint density at radius 3 is 2.92 bits per heavy atom. The summed E-state index contributed by atoms with van der Waals surface area (Å²) < 4.78 is 0. The van der Waals surface area contributed by atoms with Gasteiger partial charge in [0, 0.05) is 18.3 Å². The van der Waals surface area contributed by atoms with Crippen LogP contribution in [0, 0.1) is 0 Å². The van der Waals surface area contributed by atoms with E-state index in [2.05, 4.69) is 17.2 Å². The van der Waals surface area contributed by atoms with Crippen LogP contribution in [0.25, 0.3) is 0 Å². The summed E-state index contributed by atoms with van der Waals surface area (Å²) in [7, 11) is 0. The summed E-state index contributed by atoms with van der Waals surface area (Å²) in [4.78, 5) is 14.4. The zero-order valence-electron chi connectivity index (χ0n) is 7.79. The van der Waals surface area contributed by atoms with Crippen molar-refractivity contribution < 1.29 is 4.79 Å². The number of carbonyl (C=O) groups excluding carboxylic acids is 1. The molecule has 3 heteroatoms. The standard InChI is InChI=1S/C10H14N2O/c1-2-3-6-11-10-5-4-9(8-13)7-12-10/h4-5,7-8H,2-3,6H2,1H3,(H,11,12). The van der Waals surface area contributed by atoms with Crippen LogP contribution in [-0.2, 0) is 0 Å². The molecule has 1 N–H and O–H groups in total. The van der Waals surface area contributed by atoms with E-state index in [1.54, 1.807) is 12.3 Å². The molecule has 1 heterocycles. The van der Waals surface area contributed by atoms with Gasteiger partial charge in [-0.3, -0.25) is 4.79 Å². The minimum absolute atomic E-state index is 0.612. The fourth-order valence-electron chi connectivity index (χ4n) is 0.973. The number of aldehydes is 1. The molecule has 0 spiro atoms. The van der Waals surface area contributed by atoms with E-state index >= 15 is 0 Å². The number of nitrogens with one attached hydrogen (secondary N) is 1. The molecule has 0 atom stereocenters. The van der Waals surface area contributed by atoms with Gasteiger partial charge >= 0.3 is 0 Å². The molecular weight excluding hydrogens is 164 g/mol. The topological polar surface area (TPSA) is 42.0 Å². The van der Waals surface area contributed by atoms with Gasteiger partial charge in [-0.05, 0) is 18.6 Å². The Balaban J connectivity index is 2.44. The lowest BCUT2D eigenvalue weighted by atomic mass is 10.3. The summed E-state index contributed by atoms with van der Waals surface area (Å²) >= 11 is 0. The molecule has 0 bridgehead atoms. The molecule has 0 unspecified atom stereocenters. The number of anilines is 1. The maximum atomic E-state index is 10.3. The van der Waals surface area contributed by atoms with Crippen molar-refractivity contribution in [2.75, 3.05) is 11.9 Å². The predicted molar refractivity (Wildman–Crippen MR) is 53.0 cm³/mol. The molecule has 1 aromatic heterocycles. The highest BCUT2D eigenvalue weighted by Gasteiger charge is 1.92. The van der Waals surface area contributed by atoms with Crippen LogP contribution in [0.4, 0.5) is 5.82 Å². The van der Waals surface area contributed by atoms with Crippen molar-refractivity contribution in [3.8, 4) is 0 Å². The molecule has 3 nitrogen and oxygen atoms in total. The molecule has 13 heavy (non-hydrogen) atoms. The SMILES string of the molecule is CCCCNc1ccc(C=O)cn1. The molecule has 0 aromatic carbocycles. The van der Waals surface area contributed by atoms with Gasteiger partial charge in [0.15, 0.2) is 6.29 Å². The second kappa shape index (κ2) is 5.30. The van der Waals surface area contributed by atoms with E-state index in [0.29, 0.717) is 5.56 Å². The molecule has 0 amide bonds. The Labute approximate surface area is 78.2 Å². The first kappa shape index (κ1) is 9.71. The van der Waals surface area contributed by atoms with Crippen LogP contribution in [0.2, 0.25) is 0 Å². The fourth-order valence-corrected chi connectivity index (χ4v) is 0.973. The van der Waals surface area contributed by atoms with Gasteiger partial charge in [0.1, 0.15) is 5.82 Å². The molecular formula is C10H14N2O. The molecule has 70 valence electrons. The summed E-state index contributed by atoms with van der Waals surface area (Å²) in [5.74, 6) is 0.832. The van der Waals surface area contributed by atoms with Gasteiger partial charge in [0.05, 0.1) is 0 Å². The van der Waals surface area contributed by atoms with Crippen molar-refractivity contribution >= 4 is 12.1 Å². The Morgan fingerprint density at radius 2 is 2.38 bits per heavy atom. The number of nitrogens with zero attached hydrogens (tertiary/aromatic N) is 1. The highest BCUT2D eigenvalue weighted by molar-refractivity contribution is 5.74. The third-order valence-corrected chi connectivity index (χ3v) is 1.76. The second-order valence-corrected chi connectivity index (χ2v) is 2.87. The van der Waals surface area contributed by atoms with Crippen molar-refractivity contribution in [2.24, 2.45) is 0 Å². The van der Waals surface area contributed by atoms with E-state index < -0.39 is 0 Å². The fraction of sp³-hybridized carbons (Fsp3) is 0.400. The van der Waals surface area contributed by atoms with Gasteiger partial charge in [0.25, 0.3) is 0 Å². The average molecular weight is 178 g/mol. The van der Waals surface area contributed by atoms with Gasteiger partial charge in [-0.2, -0.15) is 0 Å². The van der Waals surface area contributed by atoms with Crippen molar-refractivity contribution in [3.05, 3.63) is 23.9 Å². The summed E-state index contributed by atoms with van der Waals surface area (Å²) in [6, 6.07) is 3.58. The van der Waals surface area contributed by atoms with Crippen LogP contribution in [0.15, 0.2) is 18.3 Å². The zero-order chi connectivity index (χ0) is 9.52. The van der Waals surface area contributed by atoms with Crippen LogP contribution in [-0.4, -0.2) is 17.8 Å². The van der Waals surface area contributed by atoms with Crippen LogP contribution in [0.1, 0.15) is 30.1 Å². The van der Waals surface area contributed by atoms with Gasteiger partial charge in [-0.1, -0.05) is 13.3 Å². The van der Waals surface area contributed by atoms with Crippen LogP contribution < -0.4 is 5.32 Å². The predicted octanol–water partition coefficient (Wildman–Crippen LogP) is 2.11. The summed E-state index contributed by atoms with van der Waals surface area (Å²) in [6.07, 6.45) is 4.67. The van der Waals surface area contributed by atoms with Crippen molar-refractivity contribution in [1.82, 2.24) is 4.98 Å². The van der Waals surface area contributed by atoms with Gasteiger partial charge in [-0.25, -0.2) is 4.98 Å². The number of hydrogen-bond acceptors (Lipinski definition) is 3. The highest BCUT2D eigenvalue weighted by atomic mass is 16.1. The second-order valence-electron chi connectivity index (χ2n) is 2.87. The monoisotopic (exact) mass is 178 g/mol. The van der Waals surface area contributed by atoms with E-state index in [1.807, 2.05) is 6.07 Å². The normalized spacial score (nSPS) is 9.62. The number of carbonyl (C=O) groups is 1. The first-order valence-corrected chi connectivity index (χ1v) is 4.52. The molecule has 0 saturated heterocycles. The highest BCUT2D eigenvalue weighted by Crippen LogP contribution is 2.03. The number of aromatic nitrogens is 1. The molecule has 0 aliphatic carbocycles. The summed E-state index contributed by atoms with van der Waals surface area (Å²) in [5.41, 5.74) is 0.612. The smallest absolute Gasteiger partial charge is 0.151 e. The van der Waals surface area contributed by atoms with Gasteiger partial charge in [-0.15, -0.1) is 0 Å². The van der Waals surface area contributed by atoms with E-state index in [-0.39, 0.29) is 0 Å². The minimum Gasteiger partial charge on any atom is -0.370 e. The first-order chi connectivity index (χ1) is 6.36. The molecule has 0 radical (unpaired) electrons. The number of hydrogen-bond donors (Lipinski definition) is 1. The lowest BCUT2D eigenvalue weighted by Gasteiger charge is -2.03. The average Bonchev–Trinajstić information content (AvgIpc) is 2.19. The van der Waals surface area contributed by atoms with Gasteiger partial charge in [0.2, 0.25) is 0 Å².